The van der Waals surface area contributed by atoms with Crippen LogP contribution in [0.5, 0.6) is 0 Å². The summed E-state index contributed by atoms with van der Waals surface area (Å²) < 4.78 is 10.2. The van der Waals surface area contributed by atoms with Crippen molar-refractivity contribution in [1.82, 2.24) is 15.3 Å². The van der Waals surface area contributed by atoms with Crippen LogP contribution in [-0.2, 0) is 22.4 Å². The van der Waals surface area contributed by atoms with Crippen LogP contribution in [0.3, 0.4) is 0 Å². The molecule has 0 atom stereocenters. The Morgan fingerprint density at radius 3 is 2.59 bits per heavy atom. The number of methoxy groups -OCH3 is 1. The second-order valence-corrected chi connectivity index (χ2v) is 3.64. The van der Waals surface area contributed by atoms with Crippen LogP contribution in [0.15, 0.2) is 12.4 Å². The first-order valence-electron chi connectivity index (χ1n) is 5.94. The average molecular weight is 239 g/mol. The van der Waals surface area contributed by atoms with Crippen molar-refractivity contribution in [1.29, 1.82) is 0 Å². The van der Waals surface area contributed by atoms with Gasteiger partial charge in [0.05, 0.1) is 19.8 Å². The highest BCUT2D eigenvalue weighted by atomic mass is 16.5. The van der Waals surface area contributed by atoms with Crippen molar-refractivity contribution in [2.24, 2.45) is 0 Å². The highest BCUT2D eigenvalue weighted by molar-refractivity contribution is 5.04. The largest absolute Gasteiger partial charge is 0.382 e. The Balaban J connectivity index is 2.20. The number of rotatable bonds is 9. The van der Waals surface area contributed by atoms with Crippen LogP contribution in [0.1, 0.15) is 18.3 Å². The molecule has 1 N–H and O–H groups in total. The first-order valence-corrected chi connectivity index (χ1v) is 5.94. The van der Waals surface area contributed by atoms with Crippen molar-refractivity contribution in [3.8, 4) is 0 Å². The van der Waals surface area contributed by atoms with Gasteiger partial charge in [-0.2, -0.15) is 0 Å². The van der Waals surface area contributed by atoms with Crippen molar-refractivity contribution in [2.45, 2.75) is 19.9 Å². The quantitative estimate of drug-likeness (QED) is 0.646. The Hall–Kier alpha value is -1.04. The summed E-state index contributed by atoms with van der Waals surface area (Å²) in [6, 6.07) is 0. The average Bonchev–Trinajstić information content (AvgIpc) is 2.37. The zero-order valence-electron chi connectivity index (χ0n) is 10.6. The molecule has 0 aromatic carbocycles. The van der Waals surface area contributed by atoms with Crippen LogP contribution >= 0.6 is 0 Å². The van der Waals surface area contributed by atoms with Crippen LogP contribution < -0.4 is 5.32 Å². The van der Waals surface area contributed by atoms with Gasteiger partial charge in [-0.05, 0) is 6.54 Å². The van der Waals surface area contributed by atoms with Gasteiger partial charge in [0.1, 0.15) is 5.82 Å². The molecule has 5 heteroatoms. The predicted octanol–water partition coefficient (Wildman–Crippen LogP) is 0.792. The minimum absolute atomic E-state index is 0.620. The van der Waals surface area contributed by atoms with E-state index in [4.69, 9.17) is 9.47 Å². The highest BCUT2D eigenvalue weighted by Crippen LogP contribution is 1.97. The molecule has 5 nitrogen and oxygen atoms in total. The van der Waals surface area contributed by atoms with Crippen molar-refractivity contribution >= 4 is 0 Å². The van der Waals surface area contributed by atoms with E-state index in [1.807, 2.05) is 12.4 Å². The van der Waals surface area contributed by atoms with E-state index in [-0.39, 0.29) is 0 Å². The van der Waals surface area contributed by atoms with Gasteiger partial charge in [0.15, 0.2) is 0 Å². The Morgan fingerprint density at radius 1 is 1.18 bits per heavy atom. The second-order valence-electron chi connectivity index (χ2n) is 3.64. The molecular weight excluding hydrogens is 218 g/mol. The fourth-order valence-corrected chi connectivity index (χ4v) is 1.28. The highest BCUT2D eigenvalue weighted by Gasteiger charge is 1.98. The van der Waals surface area contributed by atoms with Gasteiger partial charge in [-0.3, -0.25) is 0 Å². The molecule has 0 aliphatic carbocycles. The van der Waals surface area contributed by atoms with Crippen molar-refractivity contribution in [3.05, 3.63) is 23.8 Å². The predicted molar refractivity (Wildman–Crippen MR) is 65.8 cm³/mol. The zero-order chi connectivity index (χ0) is 12.3. The normalized spacial score (nSPS) is 10.7. The maximum Gasteiger partial charge on any atom is 0.130 e. The number of aromatic nitrogens is 2. The molecule has 96 valence electrons. The van der Waals surface area contributed by atoms with Gasteiger partial charge in [0, 0.05) is 38.0 Å². The summed E-state index contributed by atoms with van der Waals surface area (Å²) in [5.74, 6) is 0.822. The lowest BCUT2D eigenvalue weighted by atomic mass is 10.3. The third-order valence-corrected chi connectivity index (χ3v) is 2.24. The molecule has 0 fully saturated rings. The molecule has 0 spiro atoms. The summed E-state index contributed by atoms with van der Waals surface area (Å²) in [5.41, 5.74) is 1.11. The van der Waals surface area contributed by atoms with Gasteiger partial charge >= 0.3 is 0 Å². The zero-order valence-corrected chi connectivity index (χ0v) is 10.6. The molecule has 0 aliphatic rings. The molecule has 0 unspecified atom stereocenters. The molecular formula is C12H21N3O2. The molecule has 17 heavy (non-hydrogen) atoms. The van der Waals surface area contributed by atoms with Crippen molar-refractivity contribution in [3.63, 3.8) is 0 Å². The van der Waals surface area contributed by atoms with E-state index in [1.165, 1.54) is 0 Å². The lowest BCUT2D eigenvalue weighted by molar-refractivity contribution is 0.0716. The van der Waals surface area contributed by atoms with Crippen LogP contribution in [0.4, 0.5) is 0 Å². The lowest BCUT2D eigenvalue weighted by Gasteiger charge is -2.04. The smallest absolute Gasteiger partial charge is 0.130 e. The van der Waals surface area contributed by atoms with Gasteiger partial charge in [-0.1, -0.05) is 6.92 Å². The third-order valence-electron chi connectivity index (χ3n) is 2.24. The van der Waals surface area contributed by atoms with Crippen LogP contribution in [0, 0.1) is 0 Å². The first-order chi connectivity index (χ1) is 8.36. The van der Waals surface area contributed by atoms with E-state index >= 15 is 0 Å². The summed E-state index contributed by atoms with van der Waals surface area (Å²) >= 11 is 0. The van der Waals surface area contributed by atoms with Gasteiger partial charge in [0.25, 0.3) is 0 Å². The van der Waals surface area contributed by atoms with Gasteiger partial charge in [-0.15, -0.1) is 0 Å². The Bertz CT molecular complexity index is 290. The third kappa shape index (κ3) is 6.31. The number of nitrogens with zero attached hydrogens (tertiary/aromatic N) is 2. The SMILES string of the molecule is CCNCc1cnc(CCOCCOC)nc1. The lowest BCUT2D eigenvalue weighted by Crippen LogP contribution is -2.13. The molecule has 0 bridgehead atoms. The van der Waals surface area contributed by atoms with Crippen molar-refractivity contribution < 1.29 is 9.47 Å². The number of nitrogens with one attached hydrogen (secondary N) is 1. The van der Waals surface area contributed by atoms with E-state index in [0.717, 1.165) is 30.9 Å². The molecule has 0 aliphatic heterocycles. The summed E-state index contributed by atoms with van der Waals surface area (Å²) in [6.45, 7) is 5.73. The van der Waals surface area contributed by atoms with Crippen molar-refractivity contribution in [2.75, 3.05) is 33.5 Å². The molecule has 1 heterocycles. The molecule has 1 aromatic heterocycles. The molecule has 0 radical (unpaired) electrons. The van der Waals surface area contributed by atoms with E-state index in [9.17, 15) is 0 Å². The van der Waals surface area contributed by atoms with Crippen LogP contribution in [0.25, 0.3) is 0 Å². The van der Waals surface area contributed by atoms with E-state index in [0.29, 0.717) is 19.8 Å². The maximum atomic E-state index is 5.36. The van der Waals surface area contributed by atoms with E-state index in [2.05, 4.69) is 22.2 Å². The first kappa shape index (κ1) is 14.0. The molecule has 0 saturated heterocycles. The molecule has 0 amide bonds. The Kier molecular flexibility index (Phi) is 7.46. The van der Waals surface area contributed by atoms with Gasteiger partial charge in [0.2, 0.25) is 0 Å². The summed E-state index contributed by atoms with van der Waals surface area (Å²) in [5, 5.41) is 3.23. The number of hydrogen-bond acceptors (Lipinski definition) is 5. The van der Waals surface area contributed by atoms with E-state index in [1.54, 1.807) is 7.11 Å². The van der Waals surface area contributed by atoms with Crippen LogP contribution in [0.2, 0.25) is 0 Å². The minimum atomic E-state index is 0.620. The fourth-order valence-electron chi connectivity index (χ4n) is 1.28. The van der Waals surface area contributed by atoms with Gasteiger partial charge < -0.3 is 14.8 Å². The Morgan fingerprint density at radius 2 is 1.94 bits per heavy atom. The number of ether oxygens (including phenoxy) is 2. The monoisotopic (exact) mass is 239 g/mol. The topological polar surface area (TPSA) is 56.3 Å². The molecule has 1 rings (SSSR count). The summed E-state index contributed by atoms with van der Waals surface area (Å²) in [6.07, 6.45) is 4.46. The number of hydrogen-bond donors (Lipinski definition) is 1. The van der Waals surface area contributed by atoms with E-state index < -0.39 is 0 Å². The van der Waals surface area contributed by atoms with Crippen LogP contribution in [-0.4, -0.2) is 43.4 Å². The molecule has 1 aromatic rings. The summed E-state index contributed by atoms with van der Waals surface area (Å²) in [7, 11) is 1.66. The minimum Gasteiger partial charge on any atom is -0.382 e. The van der Waals surface area contributed by atoms with Gasteiger partial charge in [-0.25, -0.2) is 9.97 Å². The fraction of sp³-hybridized carbons (Fsp3) is 0.667. The standard InChI is InChI=1S/C12H21N3O2/c1-3-13-8-11-9-14-12(15-10-11)4-5-17-7-6-16-2/h9-10,13H,3-8H2,1-2H3. The second kappa shape index (κ2) is 9.04. The summed E-state index contributed by atoms with van der Waals surface area (Å²) in [4.78, 5) is 8.57. The maximum absolute atomic E-state index is 5.36. The Labute approximate surface area is 103 Å². The molecule has 0 saturated carbocycles.